The second-order valence-electron chi connectivity index (χ2n) is 4.09. The first-order chi connectivity index (χ1) is 9.17. The molecule has 1 aromatic rings. The van der Waals surface area contributed by atoms with Gasteiger partial charge in [-0.15, -0.1) is 0 Å². The van der Waals surface area contributed by atoms with Crippen LogP contribution in [0.3, 0.4) is 0 Å². The Morgan fingerprint density at radius 2 is 1.68 bits per heavy atom. The molecule has 1 rings (SSSR count). The van der Waals surface area contributed by atoms with E-state index in [1.807, 2.05) is 12.1 Å². The van der Waals surface area contributed by atoms with Crippen molar-refractivity contribution < 1.29 is 24.6 Å². The van der Waals surface area contributed by atoms with Crippen molar-refractivity contribution in [3.63, 3.8) is 0 Å². The molecule has 0 saturated heterocycles. The van der Waals surface area contributed by atoms with Gasteiger partial charge in [0, 0.05) is 3.57 Å². The quantitative estimate of drug-likeness (QED) is 0.413. The van der Waals surface area contributed by atoms with Crippen LogP contribution in [0.1, 0.15) is 10.4 Å². The number of aliphatic hydroxyl groups excluding tert-OH is 2. The summed E-state index contributed by atoms with van der Waals surface area (Å²) in [4.78, 5) is 12.7. The van der Waals surface area contributed by atoms with Gasteiger partial charge in [0.2, 0.25) is 0 Å². The van der Waals surface area contributed by atoms with E-state index in [1.165, 1.54) is 0 Å². The molecule has 0 aliphatic heterocycles. The van der Waals surface area contributed by atoms with Gasteiger partial charge in [0.05, 0.1) is 18.8 Å². The molecule has 0 saturated carbocycles. The maximum atomic E-state index is 11.7. The van der Waals surface area contributed by atoms with Gasteiger partial charge in [-0.3, -0.25) is 0 Å². The van der Waals surface area contributed by atoms with Crippen LogP contribution < -0.4 is 4.90 Å². The first-order valence-corrected chi connectivity index (χ1v) is 7.23. The molecule has 0 aliphatic rings. The van der Waals surface area contributed by atoms with E-state index in [0.29, 0.717) is 25.2 Å². The van der Waals surface area contributed by atoms with E-state index in [1.54, 1.807) is 12.1 Å². The Hall–Kier alpha value is -0.700. The summed E-state index contributed by atoms with van der Waals surface area (Å²) in [6.07, 6.45) is 0. The zero-order valence-electron chi connectivity index (χ0n) is 10.6. The molecule has 0 aromatic heterocycles. The number of nitrogens with one attached hydrogen (secondary N) is 1. The molecule has 6 heteroatoms. The Kier molecular flexibility index (Phi) is 7.96. The SMILES string of the molecule is O=C(OCC[NH+](CCO)CCO)c1ccc(I)cc1. The lowest BCUT2D eigenvalue weighted by Gasteiger charge is -2.17. The predicted octanol–water partition coefficient (Wildman–Crippen LogP) is -0.682. The fraction of sp³-hybridized carbons (Fsp3) is 0.462. The van der Waals surface area contributed by atoms with Gasteiger partial charge in [-0.25, -0.2) is 4.79 Å². The fourth-order valence-corrected chi connectivity index (χ4v) is 2.01. The largest absolute Gasteiger partial charge is 0.456 e. The molecule has 3 N–H and O–H groups in total. The Bertz CT molecular complexity index is 377. The van der Waals surface area contributed by atoms with Gasteiger partial charge in [0.1, 0.15) is 26.2 Å². The number of esters is 1. The molecule has 0 unspecified atom stereocenters. The van der Waals surface area contributed by atoms with Gasteiger partial charge in [0.15, 0.2) is 0 Å². The van der Waals surface area contributed by atoms with Crippen LogP contribution in [0.25, 0.3) is 0 Å². The van der Waals surface area contributed by atoms with E-state index < -0.39 is 0 Å². The van der Waals surface area contributed by atoms with Crippen molar-refractivity contribution in [1.82, 2.24) is 0 Å². The van der Waals surface area contributed by atoms with Crippen molar-refractivity contribution in [2.45, 2.75) is 0 Å². The van der Waals surface area contributed by atoms with E-state index in [2.05, 4.69) is 22.6 Å². The van der Waals surface area contributed by atoms with Crippen LogP contribution in [0.15, 0.2) is 24.3 Å². The van der Waals surface area contributed by atoms with Gasteiger partial charge in [0.25, 0.3) is 0 Å². The van der Waals surface area contributed by atoms with E-state index in [0.717, 1.165) is 8.47 Å². The predicted molar refractivity (Wildman–Crippen MR) is 79.2 cm³/mol. The maximum Gasteiger partial charge on any atom is 0.338 e. The van der Waals surface area contributed by atoms with Crippen LogP contribution >= 0.6 is 22.6 Å². The number of hydrogen-bond acceptors (Lipinski definition) is 4. The number of halogens is 1. The summed E-state index contributed by atoms with van der Waals surface area (Å²) in [5, 5.41) is 17.7. The first-order valence-electron chi connectivity index (χ1n) is 6.15. The molecule has 5 nitrogen and oxygen atoms in total. The van der Waals surface area contributed by atoms with Gasteiger partial charge in [-0.2, -0.15) is 0 Å². The van der Waals surface area contributed by atoms with E-state index in [-0.39, 0.29) is 25.8 Å². The molecule has 106 valence electrons. The number of carbonyl (C=O) groups excluding carboxylic acids is 1. The Labute approximate surface area is 126 Å². The van der Waals surface area contributed by atoms with E-state index in [4.69, 9.17) is 14.9 Å². The van der Waals surface area contributed by atoms with Crippen molar-refractivity contribution in [3.8, 4) is 0 Å². The summed E-state index contributed by atoms with van der Waals surface area (Å²) < 4.78 is 6.23. The van der Waals surface area contributed by atoms with Crippen LogP contribution in [0, 0.1) is 3.57 Å². The van der Waals surface area contributed by atoms with Crippen LogP contribution in [-0.4, -0.2) is 55.6 Å². The van der Waals surface area contributed by atoms with Crippen molar-refractivity contribution in [2.75, 3.05) is 39.5 Å². The maximum absolute atomic E-state index is 11.7. The summed E-state index contributed by atoms with van der Waals surface area (Å²) in [7, 11) is 0. The number of carbonyl (C=O) groups is 1. The van der Waals surface area contributed by atoms with Gasteiger partial charge >= 0.3 is 5.97 Å². The van der Waals surface area contributed by atoms with Crippen molar-refractivity contribution in [3.05, 3.63) is 33.4 Å². The van der Waals surface area contributed by atoms with Crippen LogP contribution in [0.5, 0.6) is 0 Å². The second kappa shape index (κ2) is 9.24. The standard InChI is InChI=1S/C13H18INO4/c14-12-3-1-11(2-4-12)13(18)19-10-7-15(5-8-16)6-9-17/h1-4,16-17H,5-10H2/p+1. The van der Waals surface area contributed by atoms with E-state index in [9.17, 15) is 4.79 Å². The lowest BCUT2D eigenvalue weighted by atomic mass is 10.2. The smallest absolute Gasteiger partial charge is 0.338 e. The highest BCUT2D eigenvalue weighted by molar-refractivity contribution is 14.1. The molecular weight excluding hydrogens is 361 g/mol. The summed E-state index contributed by atoms with van der Waals surface area (Å²) in [6, 6.07) is 7.17. The highest BCUT2D eigenvalue weighted by atomic mass is 127. The summed E-state index contributed by atoms with van der Waals surface area (Å²) in [5.41, 5.74) is 0.534. The summed E-state index contributed by atoms with van der Waals surface area (Å²) >= 11 is 2.17. The minimum atomic E-state index is -0.344. The third-order valence-electron chi connectivity index (χ3n) is 2.70. The molecule has 0 heterocycles. The van der Waals surface area contributed by atoms with E-state index >= 15 is 0 Å². The molecule has 0 radical (unpaired) electrons. The number of hydrogen-bond donors (Lipinski definition) is 3. The normalized spacial score (nSPS) is 10.7. The fourth-order valence-electron chi connectivity index (χ4n) is 1.65. The Morgan fingerprint density at radius 3 is 2.21 bits per heavy atom. The van der Waals surface area contributed by atoms with Crippen LogP contribution in [-0.2, 0) is 4.74 Å². The molecule has 0 spiro atoms. The van der Waals surface area contributed by atoms with Crippen molar-refractivity contribution in [1.29, 1.82) is 0 Å². The zero-order valence-corrected chi connectivity index (χ0v) is 12.8. The average Bonchev–Trinajstić information content (AvgIpc) is 2.40. The average molecular weight is 380 g/mol. The third kappa shape index (κ3) is 6.33. The number of aliphatic hydroxyl groups is 2. The molecule has 19 heavy (non-hydrogen) atoms. The lowest BCUT2D eigenvalue weighted by Crippen LogP contribution is -3.13. The molecule has 0 atom stereocenters. The minimum Gasteiger partial charge on any atom is -0.456 e. The number of ether oxygens (including phenoxy) is 1. The summed E-state index contributed by atoms with van der Waals surface area (Å²) in [6.45, 7) is 2.06. The Morgan fingerprint density at radius 1 is 1.11 bits per heavy atom. The Balaban J connectivity index is 2.35. The lowest BCUT2D eigenvalue weighted by molar-refractivity contribution is -0.900. The third-order valence-corrected chi connectivity index (χ3v) is 3.42. The van der Waals surface area contributed by atoms with Gasteiger partial charge in [-0.05, 0) is 46.9 Å². The second-order valence-corrected chi connectivity index (χ2v) is 5.34. The molecule has 0 aliphatic carbocycles. The zero-order chi connectivity index (χ0) is 14.1. The van der Waals surface area contributed by atoms with Gasteiger partial charge < -0.3 is 19.8 Å². The first kappa shape index (κ1) is 16.4. The minimum absolute atomic E-state index is 0.0560. The van der Waals surface area contributed by atoms with Crippen LogP contribution in [0.2, 0.25) is 0 Å². The topological polar surface area (TPSA) is 71.2 Å². The molecule has 0 amide bonds. The molecule has 0 bridgehead atoms. The summed E-state index contributed by atoms with van der Waals surface area (Å²) in [5.74, 6) is -0.344. The number of rotatable bonds is 8. The number of benzene rings is 1. The highest BCUT2D eigenvalue weighted by Crippen LogP contribution is 2.07. The monoisotopic (exact) mass is 380 g/mol. The van der Waals surface area contributed by atoms with Gasteiger partial charge in [-0.1, -0.05) is 0 Å². The highest BCUT2D eigenvalue weighted by Gasteiger charge is 2.10. The molecular formula is C13H19INO4+. The van der Waals surface area contributed by atoms with Crippen molar-refractivity contribution in [2.24, 2.45) is 0 Å². The van der Waals surface area contributed by atoms with Crippen molar-refractivity contribution >= 4 is 28.6 Å². The van der Waals surface area contributed by atoms with Crippen LogP contribution in [0.4, 0.5) is 0 Å². The number of quaternary nitrogens is 1. The molecule has 1 aromatic carbocycles. The molecule has 0 fully saturated rings.